The predicted molar refractivity (Wildman–Crippen MR) is 48.2 cm³/mol. The predicted octanol–water partition coefficient (Wildman–Crippen LogP) is 1.64. The summed E-state index contributed by atoms with van der Waals surface area (Å²) in [4.78, 5) is 0. The zero-order valence-corrected chi connectivity index (χ0v) is 7.21. The second kappa shape index (κ2) is 2.79. The highest BCUT2D eigenvalue weighted by atomic mass is 16.5. The highest BCUT2D eigenvalue weighted by Crippen LogP contribution is 2.31. The van der Waals surface area contributed by atoms with Crippen molar-refractivity contribution in [3.63, 3.8) is 0 Å². The van der Waals surface area contributed by atoms with Gasteiger partial charge in [-0.25, -0.2) is 0 Å². The summed E-state index contributed by atoms with van der Waals surface area (Å²) >= 11 is 0. The SMILES string of the molecule is COc1ccc2c(c1)CCC2N. The lowest BCUT2D eigenvalue weighted by Crippen LogP contribution is -2.04. The van der Waals surface area contributed by atoms with Crippen molar-refractivity contribution in [1.82, 2.24) is 0 Å². The van der Waals surface area contributed by atoms with Gasteiger partial charge in [0.25, 0.3) is 0 Å². The van der Waals surface area contributed by atoms with Gasteiger partial charge in [-0.3, -0.25) is 0 Å². The van der Waals surface area contributed by atoms with Crippen molar-refractivity contribution in [3.8, 4) is 5.75 Å². The molecule has 0 bridgehead atoms. The normalized spacial score (nSPS) is 20.7. The van der Waals surface area contributed by atoms with Crippen LogP contribution in [0, 0.1) is 0 Å². The first-order chi connectivity index (χ1) is 5.81. The van der Waals surface area contributed by atoms with Gasteiger partial charge in [-0.1, -0.05) is 6.07 Å². The number of methoxy groups -OCH3 is 1. The van der Waals surface area contributed by atoms with E-state index in [9.17, 15) is 0 Å². The van der Waals surface area contributed by atoms with Crippen LogP contribution in [-0.2, 0) is 6.42 Å². The van der Waals surface area contributed by atoms with Crippen molar-refractivity contribution < 1.29 is 4.74 Å². The van der Waals surface area contributed by atoms with Gasteiger partial charge in [0.1, 0.15) is 5.75 Å². The van der Waals surface area contributed by atoms with Crippen LogP contribution in [0.1, 0.15) is 23.6 Å². The molecule has 0 fully saturated rings. The minimum atomic E-state index is 0.242. The van der Waals surface area contributed by atoms with Gasteiger partial charge in [0, 0.05) is 6.04 Å². The number of benzene rings is 1. The first-order valence-corrected chi connectivity index (χ1v) is 4.23. The molecule has 0 saturated heterocycles. The molecule has 0 aromatic heterocycles. The van der Waals surface area contributed by atoms with E-state index in [1.165, 1.54) is 11.1 Å². The average molecular weight is 163 g/mol. The number of aryl methyl sites for hydroxylation is 1. The fraction of sp³-hybridized carbons (Fsp3) is 0.400. The molecule has 2 rings (SSSR count). The Kier molecular flexibility index (Phi) is 1.77. The number of nitrogens with two attached hydrogens (primary N) is 1. The van der Waals surface area contributed by atoms with E-state index in [1.54, 1.807) is 7.11 Å². The molecule has 1 aliphatic carbocycles. The molecule has 1 aliphatic rings. The lowest BCUT2D eigenvalue weighted by Gasteiger charge is -2.05. The smallest absolute Gasteiger partial charge is 0.119 e. The average Bonchev–Trinajstić information content (AvgIpc) is 2.47. The molecule has 0 spiro atoms. The highest BCUT2D eigenvalue weighted by molar-refractivity contribution is 5.40. The first kappa shape index (κ1) is 7.62. The van der Waals surface area contributed by atoms with E-state index in [1.807, 2.05) is 6.07 Å². The summed E-state index contributed by atoms with van der Waals surface area (Å²) in [5.74, 6) is 0.933. The van der Waals surface area contributed by atoms with Crippen molar-refractivity contribution in [2.45, 2.75) is 18.9 Å². The zero-order valence-electron chi connectivity index (χ0n) is 7.21. The van der Waals surface area contributed by atoms with Crippen molar-refractivity contribution in [3.05, 3.63) is 29.3 Å². The molecule has 1 atom stereocenters. The van der Waals surface area contributed by atoms with E-state index < -0.39 is 0 Å². The number of rotatable bonds is 1. The molecule has 0 amide bonds. The molecule has 1 aromatic rings. The van der Waals surface area contributed by atoms with E-state index in [2.05, 4.69) is 12.1 Å². The van der Waals surface area contributed by atoms with Crippen LogP contribution < -0.4 is 10.5 Å². The van der Waals surface area contributed by atoms with Crippen LogP contribution in [-0.4, -0.2) is 7.11 Å². The van der Waals surface area contributed by atoms with Crippen molar-refractivity contribution in [1.29, 1.82) is 0 Å². The van der Waals surface area contributed by atoms with Crippen molar-refractivity contribution in [2.75, 3.05) is 7.11 Å². The van der Waals surface area contributed by atoms with Gasteiger partial charge >= 0.3 is 0 Å². The molecule has 2 N–H and O–H groups in total. The van der Waals surface area contributed by atoms with Crippen molar-refractivity contribution >= 4 is 0 Å². The van der Waals surface area contributed by atoms with Crippen LogP contribution in [0.25, 0.3) is 0 Å². The molecule has 0 radical (unpaired) electrons. The maximum absolute atomic E-state index is 5.90. The molecule has 0 saturated carbocycles. The molecule has 1 unspecified atom stereocenters. The molecule has 2 heteroatoms. The number of hydrogen-bond acceptors (Lipinski definition) is 2. The van der Waals surface area contributed by atoms with E-state index >= 15 is 0 Å². The fourth-order valence-electron chi connectivity index (χ4n) is 1.75. The highest BCUT2D eigenvalue weighted by Gasteiger charge is 2.18. The lowest BCUT2D eigenvalue weighted by molar-refractivity contribution is 0.414. The number of hydrogen-bond donors (Lipinski definition) is 1. The monoisotopic (exact) mass is 163 g/mol. The largest absolute Gasteiger partial charge is 0.497 e. The van der Waals surface area contributed by atoms with Gasteiger partial charge in [-0.15, -0.1) is 0 Å². The lowest BCUT2D eigenvalue weighted by atomic mass is 10.1. The van der Waals surface area contributed by atoms with Crippen LogP contribution in [0.4, 0.5) is 0 Å². The molecule has 0 heterocycles. The first-order valence-electron chi connectivity index (χ1n) is 4.23. The number of fused-ring (bicyclic) bond motifs is 1. The topological polar surface area (TPSA) is 35.2 Å². The summed E-state index contributed by atoms with van der Waals surface area (Å²) in [5.41, 5.74) is 8.53. The molecule has 64 valence electrons. The molecule has 12 heavy (non-hydrogen) atoms. The van der Waals surface area contributed by atoms with Gasteiger partial charge in [0.2, 0.25) is 0 Å². The van der Waals surface area contributed by atoms with Crippen LogP contribution in [0.3, 0.4) is 0 Å². The zero-order chi connectivity index (χ0) is 8.55. The third-order valence-corrected chi connectivity index (χ3v) is 2.47. The minimum absolute atomic E-state index is 0.242. The Labute approximate surface area is 72.3 Å². The molecular formula is C10H13NO. The van der Waals surface area contributed by atoms with Gasteiger partial charge < -0.3 is 10.5 Å². The van der Waals surface area contributed by atoms with Gasteiger partial charge in [0.05, 0.1) is 7.11 Å². The Balaban J connectivity index is 2.41. The molecule has 0 aliphatic heterocycles. The Bertz CT molecular complexity index is 296. The van der Waals surface area contributed by atoms with Crippen LogP contribution >= 0.6 is 0 Å². The molecule has 2 nitrogen and oxygen atoms in total. The van der Waals surface area contributed by atoms with Gasteiger partial charge in [0.15, 0.2) is 0 Å². The standard InChI is InChI=1S/C10H13NO/c1-12-8-3-4-9-7(6-8)2-5-10(9)11/h3-4,6,10H,2,5,11H2,1H3. The maximum Gasteiger partial charge on any atom is 0.119 e. The van der Waals surface area contributed by atoms with Crippen molar-refractivity contribution in [2.24, 2.45) is 5.73 Å². The Morgan fingerprint density at radius 2 is 2.33 bits per heavy atom. The van der Waals surface area contributed by atoms with Gasteiger partial charge in [-0.2, -0.15) is 0 Å². The molecular weight excluding hydrogens is 150 g/mol. The van der Waals surface area contributed by atoms with Crippen LogP contribution in [0.15, 0.2) is 18.2 Å². The Morgan fingerprint density at radius 3 is 3.08 bits per heavy atom. The summed E-state index contributed by atoms with van der Waals surface area (Å²) in [6.07, 6.45) is 2.16. The van der Waals surface area contributed by atoms with Gasteiger partial charge in [-0.05, 0) is 36.1 Å². The van der Waals surface area contributed by atoms with Crippen LogP contribution in [0.2, 0.25) is 0 Å². The summed E-state index contributed by atoms with van der Waals surface area (Å²) in [6, 6.07) is 6.38. The molecule has 1 aromatic carbocycles. The summed E-state index contributed by atoms with van der Waals surface area (Å²) in [7, 11) is 1.69. The minimum Gasteiger partial charge on any atom is -0.497 e. The van der Waals surface area contributed by atoms with E-state index in [0.717, 1.165) is 18.6 Å². The quantitative estimate of drug-likeness (QED) is 0.683. The Morgan fingerprint density at radius 1 is 1.50 bits per heavy atom. The second-order valence-electron chi connectivity index (χ2n) is 3.21. The van der Waals surface area contributed by atoms with E-state index in [0.29, 0.717) is 0 Å². The number of ether oxygens (including phenoxy) is 1. The summed E-state index contributed by atoms with van der Waals surface area (Å²) in [5, 5.41) is 0. The third kappa shape index (κ3) is 1.08. The van der Waals surface area contributed by atoms with E-state index in [-0.39, 0.29) is 6.04 Å². The summed E-state index contributed by atoms with van der Waals surface area (Å²) in [6.45, 7) is 0. The van der Waals surface area contributed by atoms with E-state index in [4.69, 9.17) is 10.5 Å². The fourth-order valence-corrected chi connectivity index (χ4v) is 1.75. The second-order valence-corrected chi connectivity index (χ2v) is 3.21. The third-order valence-electron chi connectivity index (χ3n) is 2.47. The maximum atomic E-state index is 5.90. The summed E-state index contributed by atoms with van der Waals surface area (Å²) < 4.78 is 5.13. The Hall–Kier alpha value is -1.02. The van der Waals surface area contributed by atoms with Crippen LogP contribution in [0.5, 0.6) is 5.75 Å².